The molecular formula is C16H25NO3. The molecule has 0 spiro atoms. The van der Waals surface area contributed by atoms with E-state index in [1.165, 1.54) is 5.56 Å². The summed E-state index contributed by atoms with van der Waals surface area (Å²) in [7, 11) is 1.67. The van der Waals surface area contributed by atoms with Gasteiger partial charge in [-0.2, -0.15) is 0 Å². The molecule has 0 amide bonds. The van der Waals surface area contributed by atoms with Crippen molar-refractivity contribution in [2.24, 2.45) is 0 Å². The van der Waals surface area contributed by atoms with Gasteiger partial charge in [0.2, 0.25) is 0 Å². The van der Waals surface area contributed by atoms with Crippen LogP contribution in [0.4, 0.5) is 0 Å². The lowest BCUT2D eigenvalue weighted by molar-refractivity contribution is 0.0130. The molecule has 2 atom stereocenters. The largest absolute Gasteiger partial charge is 0.493 e. The average molecular weight is 279 g/mol. The summed E-state index contributed by atoms with van der Waals surface area (Å²) in [6, 6.07) is 6.64. The molecule has 4 nitrogen and oxygen atoms in total. The first kappa shape index (κ1) is 15.1. The highest BCUT2D eigenvalue weighted by Crippen LogP contribution is 2.28. The van der Waals surface area contributed by atoms with Gasteiger partial charge in [0.15, 0.2) is 11.5 Å². The minimum Gasteiger partial charge on any atom is -0.493 e. The van der Waals surface area contributed by atoms with Crippen LogP contribution < -0.4 is 14.8 Å². The molecule has 20 heavy (non-hydrogen) atoms. The number of methoxy groups -OCH3 is 1. The van der Waals surface area contributed by atoms with E-state index < -0.39 is 0 Å². The maximum atomic E-state index is 5.60. The van der Waals surface area contributed by atoms with Gasteiger partial charge in [-0.3, -0.25) is 0 Å². The lowest BCUT2D eigenvalue weighted by Crippen LogP contribution is -2.37. The fraction of sp³-hybridized carbons (Fsp3) is 0.625. The predicted octanol–water partition coefficient (Wildman–Crippen LogP) is 2.75. The molecule has 0 radical (unpaired) electrons. The third kappa shape index (κ3) is 4.12. The maximum Gasteiger partial charge on any atom is 0.161 e. The van der Waals surface area contributed by atoms with Crippen molar-refractivity contribution in [2.45, 2.75) is 45.4 Å². The van der Waals surface area contributed by atoms with Crippen LogP contribution >= 0.6 is 0 Å². The van der Waals surface area contributed by atoms with Crippen molar-refractivity contribution >= 4 is 0 Å². The van der Waals surface area contributed by atoms with Crippen LogP contribution in [0.25, 0.3) is 0 Å². The van der Waals surface area contributed by atoms with E-state index in [-0.39, 0.29) is 0 Å². The van der Waals surface area contributed by atoms with Crippen LogP contribution in [0.15, 0.2) is 18.2 Å². The Morgan fingerprint density at radius 2 is 2.20 bits per heavy atom. The van der Waals surface area contributed by atoms with Crippen molar-refractivity contribution in [1.82, 2.24) is 5.32 Å². The van der Waals surface area contributed by atoms with Crippen LogP contribution in [0.5, 0.6) is 11.5 Å². The molecule has 2 rings (SSSR count). The van der Waals surface area contributed by atoms with Crippen LogP contribution in [0.3, 0.4) is 0 Å². The van der Waals surface area contributed by atoms with Crippen LogP contribution in [0.1, 0.15) is 32.3 Å². The molecule has 0 aromatic heterocycles. The van der Waals surface area contributed by atoms with Crippen LogP contribution in [-0.2, 0) is 11.3 Å². The minimum absolute atomic E-state index is 0.358. The Kier molecular flexibility index (Phi) is 5.68. The van der Waals surface area contributed by atoms with Gasteiger partial charge >= 0.3 is 0 Å². The van der Waals surface area contributed by atoms with Gasteiger partial charge in [-0.15, -0.1) is 0 Å². The third-order valence-electron chi connectivity index (χ3n) is 3.61. The zero-order valence-electron chi connectivity index (χ0n) is 12.6. The summed E-state index contributed by atoms with van der Waals surface area (Å²) in [6.45, 7) is 6.46. The van der Waals surface area contributed by atoms with Crippen molar-refractivity contribution in [3.8, 4) is 11.5 Å². The third-order valence-corrected chi connectivity index (χ3v) is 3.61. The van der Waals surface area contributed by atoms with Crippen molar-refractivity contribution in [1.29, 1.82) is 0 Å². The minimum atomic E-state index is 0.358. The maximum absolute atomic E-state index is 5.60. The fourth-order valence-electron chi connectivity index (χ4n) is 2.55. The van der Waals surface area contributed by atoms with E-state index in [1.807, 2.05) is 13.0 Å². The van der Waals surface area contributed by atoms with Gasteiger partial charge in [0, 0.05) is 19.2 Å². The Hall–Kier alpha value is -1.26. The average Bonchev–Trinajstić information content (AvgIpc) is 2.46. The van der Waals surface area contributed by atoms with Crippen LogP contribution in [0.2, 0.25) is 0 Å². The molecule has 1 saturated heterocycles. The molecular weight excluding hydrogens is 254 g/mol. The van der Waals surface area contributed by atoms with Crippen molar-refractivity contribution in [3.05, 3.63) is 23.8 Å². The number of hydrogen-bond donors (Lipinski definition) is 1. The molecule has 112 valence electrons. The quantitative estimate of drug-likeness (QED) is 0.869. The first-order valence-corrected chi connectivity index (χ1v) is 7.37. The van der Waals surface area contributed by atoms with Gasteiger partial charge in [-0.05, 0) is 44.4 Å². The second-order valence-corrected chi connectivity index (χ2v) is 5.20. The van der Waals surface area contributed by atoms with Gasteiger partial charge in [-0.25, -0.2) is 0 Å². The summed E-state index contributed by atoms with van der Waals surface area (Å²) < 4.78 is 16.5. The molecule has 1 heterocycles. The summed E-state index contributed by atoms with van der Waals surface area (Å²) in [5.41, 5.74) is 1.22. The van der Waals surface area contributed by atoms with E-state index in [9.17, 15) is 0 Å². The summed E-state index contributed by atoms with van der Waals surface area (Å²) in [5.74, 6) is 1.60. The van der Waals surface area contributed by atoms with Crippen LogP contribution in [0, 0.1) is 0 Å². The Morgan fingerprint density at radius 1 is 1.35 bits per heavy atom. The van der Waals surface area contributed by atoms with Gasteiger partial charge < -0.3 is 19.5 Å². The number of hydrogen-bond acceptors (Lipinski definition) is 4. The van der Waals surface area contributed by atoms with Crippen molar-refractivity contribution in [2.75, 3.05) is 20.3 Å². The fourth-order valence-corrected chi connectivity index (χ4v) is 2.55. The Labute approximate surface area is 121 Å². The van der Waals surface area contributed by atoms with E-state index in [4.69, 9.17) is 14.2 Å². The van der Waals surface area contributed by atoms with Gasteiger partial charge in [0.05, 0.1) is 19.8 Å². The molecule has 0 bridgehead atoms. The number of nitrogens with one attached hydrogen (secondary N) is 1. The van der Waals surface area contributed by atoms with Gasteiger partial charge in [0.25, 0.3) is 0 Å². The number of benzene rings is 1. The number of rotatable bonds is 6. The summed E-state index contributed by atoms with van der Waals surface area (Å²) in [6.07, 6.45) is 2.52. The second kappa shape index (κ2) is 7.50. The summed E-state index contributed by atoms with van der Waals surface area (Å²) >= 11 is 0. The van der Waals surface area contributed by atoms with Crippen molar-refractivity contribution in [3.63, 3.8) is 0 Å². The molecule has 4 heteroatoms. The normalized spacial score (nSPS) is 22.6. The lowest BCUT2D eigenvalue weighted by Gasteiger charge is -2.28. The molecule has 1 N–H and O–H groups in total. The summed E-state index contributed by atoms with van der Waals surface area (Å²) in [4.78, 5) is 0. The lowest BCUT2D eigenvalue weighted by atomic mass is 10.0. The van der Waals surface area contributed by atoms with E-state index in [1.54, 1.807) is 7.11 Å². The van der Waals surface area contributed by atoms with Gasteiger partial charge in [0.1, 0.15) is 0 Å². The molecule has 0 saturated carbocycles. The van der Waals surface area contributed by atoms with E-state index in [0.717, 1.165) is 37.5 Å². The SMILES string of the molecule is CCOc1cc(CNC2CCOC(C)C2)ccc1OC. The number of ether oxygens (including phenoxy) is 3. The zero-order valence-corrected chi connectivity index (χ0v) is 12.6. The van der Waals surface area contributed by atoms with Crippen molar-refractivity contribution < 1.29 is 14.2 Å². The van der Waals surface area contributed by atoms with E-state index in [0.29, 0.717) is 18.8 Å². The molecule has 1 aromatic rings. The first-order valence-electron chi connectivity index (χ1n) is 7.37. The molecule has 1 aliphatic rings. The zero-order chi connectivity index (χ0) is 14.4. The monoisotopic (exact) mass is 279 g/mol. The standard InChI is InChI=1S/C16H25NO3/c1-4-19-16-10-13(5-6-15(16)18-3)11-17-14-7-8-20-12(2)9-14/h5-6,10,12,14,17H,4,7-9,11H2,1-3H3. The topological polar surface area (TPSA) is 39.7 Å². The molecule has 2 unspecified atom stereocenters. The summed E-state index contributed by atoms with van der Waals surface area (Å²) in [5, 5.41) is 3.60. The molecule has 0 aliphatic carbocycles. The highest BCUT2D eigenvalue weighted by Gasteiger charge is 2.18. The Balaban J connectivity index is 1.93. The Bertz CT molecular complexity index is 422. The highest BCUT2D eigenvalue weighted by atomic mass is 16.5. The van der Waals surface area contributed by atoms with Crippen LogP contribution in [-0.4, -0.2) is 32.5 Å². The smallest absolute Gasteiger partial charge is 0.161 e. The first-order chi connectivity index (χ1) is 9.72. The molecule has 1 aromatic carbocycles. The second-order valence-electron chi connectivity index (χ2n) is 5.20. The predicted molar refractivity (Wildman–Crippen MR) is 79.4 cm³/mol. The molecule has 1 fully saturated rings. The Morgan fingerprint density at radius 3 is 2.90 bits per heavy atom. The van der Waals surface area contributed by atoms with E-state index >= 15 is 0 Å². The van der Waals surface area contributed by atoms with Gasteiger partial charge in [-0.1, -0.05) is 6.07 Å². The highest BCUT2D eigenvalue weighted by molar-refractivity contribution is 5.42. The molecule has 1 aliphatic heterocycles. The van der Waals surface area contributed by atoms with E-state index in [2.05, 4.69) is 24.4 Å².